The fourth-order valence-corrected chi connectivity index (χ4v) is 5.42. The fraction of sp³-hybridized carbons (Fsp3) is 0.200. The van der Waals surface area contributed by atoms with Gasteiger partial charge in [0.1, 0.15) is 11.8 Å². The quantitative estimate of drug-likeness (QED) is 0.534. The van der Waals surface area contributed by atoms with Crippen LogP contribution in [0.4, 0.5) is 17.1 Å². The third kappa shape index (κ3) is 4.60. The van der Waals surface area contributed by atoms with E-state index in [1.54, 1.807) is 60.7 Å². The molecule has 8 nitrogen and oxygen atoms in total. The first-order valence-electron chi connectivity index (χ1n) is 10.8. The van der Waals surface area contributed by atoms with Gasteiger partial charge in [0.2, 0.25) is 11.8 Å². The number of carbonyl (C=O) groups excluding carboxylic acids is 2. The summed E-state index contributed by atoms with van der Waals surface area (Å²) in [7, 11) is -4.14. The van der Waals surface area contributed by atoms with Crippen molar-refractivity contribution < 1.29 is 22.7 Å². The number of nitrogens with one attached hydrogen (secondary N) is 2. The van der Waals surface area contributed by atoms with Crippen LogP contribution in [0.1, 0.15) is 18.9 Å². The van der Waals surface area contributed by atoms with Crippen molar-refractivity contribution in [1.29, 1.82) is 0 Å². The molecule has 34 heavy (non-hydrogen) atoms. The summed E-state index contributed by atoms with van der Waals surface area (Å²) < 4.78 is 34.0. The highest BCUT2D eigenvalue weighted by molar-refractivity contribution is 7.93. The first-order valence-corrected chi connectivity index (χ1v) is 12.3. The molecule has 9 heteroatoms. The van der Waals surface area contributed by atoms with Crippen molar-refractivity contribution in [3.8, 4) is 5.75 Å². The molecule has 1 aliphatic heterocycles. The highest BCUT2D eigenvalue weighted by Gasteiger charge is 2.42. The summed E-state index contributed by atoms with van der Waals surface area (Å²) in [6.45, 7) is 4.10. The van der Waals surface area contributed by atoms with Gasteiger partial charge in [0, 0.05) is 0 Å². The van der Waals surface area contributed by atoms with Crippen molar-refractivity contribution in [2.24, 2.45) is 0 Å². The molecule has 0 unspecified atom stereocenters. The maximum Gasteiger partial charge on any atom is 0.265 e. The Morgan fingerprint density at radius 3 is 2.44 bits per heavy atom. The van der Waals surface area contributed by atoms with Gasteiger partial charge in [0.25, 0.3) is 10.0 Å². The van der Waals surface area contributed by atoms with Crippen LogP contribution < -0.4 is 19.7 Å². The van der Waals surface area contributed by atoms with E-state index >= 15 is 0 Å². The number of sulfonamides is 1. The van der Waals surface area contributed by atoms with E-state index in [-0.39, 0.29) is 11.3 Å². The van der Waals surface area contributed by atoms with Gasteiger partial charge in [-0.3, -0.25) is 13.9 Å². The van der Waals surface area contributed by atoms with Gasteiger partial charge in [-0.2, -0.15) is 0 Å². The summed E-state index contributed by atoms with van der Waals surface area (Å²) >= 11 is 0. The van der Waals surface area contributed by atoms with E-state index in [0.29, 0.717) is 29.4 Å². The average Bonchev–Trinajstić information content (AvgIpc) is 2.81. The molecule has 0 saturated heterocycles. The number of anilines is 3. The summed E-state index contributed by atoms with van der Waals surface area (Å²) in [5.41, 5.74) is 2.01. The standard InChI is InChI=1S/C25H25N3O5S/c1-3-33-23-11-7-5-9-20(23)26-24(29)16-22-25(30)27-19-8-4-6-10-21(19)28(22)34(31,32)18-14-12-17(2)13-15-18/h4-15,22H,3,16H2,1-2H3,(H,26,29)(H,27,30)/t22-/m0/s1. The van der Waals surface area contributed by atoms with Crippen LogP contribution in [0.5, 0.6) is 5.75 Å². The molecule has 0 bridgehead atoms. The maximum atomic E-state index is 13.7. The van der Waals surface area contributed by atoms with Crippen molar-refractivity contribution in [2.45, 2.75) is 31.2 Å². The molecular formula is C25H25N3O5S. The summed E-state index contributed by atoms with van der Waals surface area (Å²) in [6.07, 6.45) is -0.383. The lowest BCUT2D eigenvalue weighted by atomic mass is 10.1. The number of fused-ring (bicyclic) bond motifs is 1. The molecule has 2 amide bonds. The second kappa shape index (κ2) is 9.56. The Balaban J connectivity index is 1.70. The van der Waals surface area contributed by atoms with Crippen molar-refractivity contribution >= 4 is 38.9 Å². The summed E-state index contributed by atoms with van der Waals surface area (Å²) in [5, 5.41) is 5.46. The molecule has 1 atom stereocenters. The molecule has 0 fully saturated rings. The highest BCUT2D eigenvalue weighted by Crippen LogP contribution is 2.37. The van der Waals surface area contributed by atoms with Crippen LogP contribution in [0.25, 0.3) is 0 Å². The van der Waals surface area contributed by atoms with E-state index in [4.69, 9.17) is 4.74 Å². The number of hydrogen-bond donors (Lipinski definition) is 2. The molecule has 4 rings (SSSR count). The number of carbonyl (C=O) groups is 2. The molecule has 0 saturated carbocycles. The predicted molar refractivity (Wildman–Crippen MR) is 131 cm³/mol. The smallest absolute Gasteiger partial charge is 0.265 e. The first kappa shape index (κ1) is 23.3. The van der Waals surface area contributed by atoms with Crippen LogP contribution >= 0.6 is 0 Å². The number of rotatable bonds is 7. The fourth-order valence-electron chi connectivity index (χ4n) is 3.79. The number of aryl methyl sites for hydroxylation is 1. The number of amides is 2. The highest BCUT2D eigenvalue weighted by atomic mass is 32.2. The number of nitrogens with zero attached hydrogens (tertiary/aromatic N) is 1. The van der Waals surface area contributed by atoms with Gasteiger partial charge < -0.3 is 15.4 Å². The first-order chi connectivity index (χ1) is 16.3. The van der Waals surface area contributed by atoms with Gasteiger partial charge in [-0.1, -0.05) is 42.0 Å². The predicted octanol–water partition coefficient (Wildman–Crippen LogP) is 3.94. The Morgan fingerprint density at radius 2 is 1.71 bits per heavy atom. The second-order valence-corrected chi connectivity index (χ2v) is 9.63. The molecular weight excluding hydrogens is 454 g/mol. The number of ether oxygens (including phenoxy) is 1. The zero-order chi connectivity index (χ0) is 24.3. The number of hydrogen-bond acceptors (Lipinski definition) is 5. The van der Waals surface area contributed by atoms with E-state index in [2.05, 4.69) is 10.6 Å². The van der Waals surface area contributed by atoms with E-state index in [1.165, 1.54) is 12.1 Å². The van der Waals surface area contributed by atoms with Crippen molar-refractivity contribution in [1.82, 2.24) is 0 Å². The number of para-hydroxylation sites is 4. The van der Waals surface area contributed by atoms with Crippen molar-refractivity contribution in [3.63, 3.8) is 0 Å². The van der Waals surface area contributed by atoms with Gasteiger partial charge in [0.15, 0.2) is 0 Å². The second-order valence-electron chi connectivity index (χ2n) is 7.82. The molecule has 0 aromatic heterocycles. The molecule has 0 radical (unpaired) electrons. The molecule has 1 heterocycles. The lowest BCUT2D eigenvalue weighted by Crippen LogP contribution is -2.52. The van der Waals surface area contributed by atoms with E-state index in [0.717, 1.165) is 9.87 Å². The van der Waals surface area contributed by atoms with E-state index < -0.39 is 27.9 Å². The molecule has 3 aromatic carbocycles. The Labute approximate surface area is 198 Å². The van der Waals surface area contributed by atoms with Gasteiger partial charge >= 0.3 is 0 Å². The Morgan fingerprint density at radius 1 is 1.03 bits per heavy atom. The van der Waals surface area contributed by atoms with Gasteiger partial charge in [0.05, 0.1) is 35.0 Å². The largest absolute Gasteiger partial charge is 0.492 e. The summed E-state index contributed by atoms with van der Waals surface area (Å²) in [5.74, 6) is -0.612. The topological polar surface area (TPSA) is 105 Å². The van der Waals surface area contributed by atoms with Gasteiger partial charge in [-0.05, 0) is 50.2 Å². The minimum absolute atomic E-state index is 0.0368. The van der Waals surface area contributed by atoms with Crippen LogP contribution in [-0.4, -0.2) is 32.9 Å². The monoisotopic (exact) mass is 479 g/mol. The van der Waals surface area contributed by atoms with Crippen molar-refractivity contribution in [3.05, 3.63) is 78.4 Å². The average molecular weight is 480 g/mol. The van der Waals surface area contributed by atoms with Gasteiger partial charge in [-0.15, -0.1) is 0 Å². The molecule has 2 N–H and O–H groups in total. The molecule has 0 spiro atoms. The zero-order valence-corrected chi connectivity index (χ0v) is 19.6. The third-order valence-electron chi connectivity index (χ3n) is 5.40. The lowest BCUT2D eigenvalue weighted by Gasteiger charge is -2.36. The Bertz CT molecular complexity index is 1320. The molecule has 1 aliphatic rings. The van der Waals surface area contributed by atoms with Crippen LogP contribution in [-0.2, 0) is 19.6 Å². The molecule has 0 aliphatic carbocycles. The van der Waals surface area contributed by atoms with E-state index in [9.17, 15) is 18.0 Å². The van der Waals surface area contributed by atoms with Crippen LogP contribution in [0.2, 0.25) is 0 Å². The summed E-state index contributed by atoms with van der Waals surface area (Å²) in [6, 6.07) is 18.6. The normalized spacial score (nSPS) is 15.3. The Hall–Kier alpha value is -3.85. The maximum absolute atomic E-state index is 13.7. The third-order valence-corrected chi connectivity index (χ3v) is 7.24. The summed E-state index contributed by atoms with van der Waals surface area (Å²) in [4.78, 5) is 26.1. The lowest BCUT2D eigenvalue weighted by molar-refractivity contribution is -0.122. The van der Waals surface area contributed by atoms with Crippen molar-refractivity contribution in [2.75, 3.05) is 21.5 Å². The molecule has 3 aromatic rings. The van der Waals surface area contributed by atoms with Crippen LogP contribution in [0.3, 0.4) is 0 Å². The SMILES string of the molecule is CCOc1ccccc1NC(=O)C[C@H]1C(=O)Nc2ccccc2N1S(=O)(=O)c1ccc(C)cc1. The van der Waals surface area contributed by atoms with Crippen LogP contribution in [0, 0.1) is 6.92 Å². The minimum Gasteiger partial charge on any atom is -0.492 e. The Kier molecular flexibility index (Phi) is 6.56. The number of benzene rings is 3. The molecule has 176 valence electrons. The van der Waals surface area contributed by atoms with E-state index in [1.807, 2.05) is 13.8 Å². The minimum atomic E-state index is -4.14. The van der Waals surface area contributed by atoms with Gasteiger partial charge in [-0.25, -0.2) is 8.42 Å². The zero-order valence-electron chi connectivity index (χ0n) is 18.8. The van der Waals surface area contributed by atoms with Crippen LogP contribution in [0.15, 0.2) is 77.7 Å².